The topological polar surface area (TPSA) is 120 Å². The standard InChI is InChI=1S/C27H33N3O5/c1-27(2,3)35-26(33)30-22-14-6-9-17-18(22)10-5-13-21(17)29-24(31)20-12-4-11-19-16(20)8-7-15-23(19)34-25(28)32/h4-5,10-13,22-23H,6-9,14-15H2,1-3H3,(H2,28,32)(H,29,31)(H,30,33)/t22-,23-/m1/s1. The molecule has 2 atom stereocenters. The summed E-state index contributed by atoms with van der Waals surface area (Å²) in [5.74, 6) is -0.211. The first-order valence-electron chi connectivity index (χ1n) is 12.1. The van der Waals surface area contributed by atoms with E-state index in [4.69, 9.17) is 15.2 Å². The summed E-state index contributed by atoms with van der Waals surface area (Å²) in [6.07, 6.45) is 2.99. The average molecular weight is 480 g/mol. The number of fused-ring (bicyclic) bond motifs is 2. The number of carbonyl (C=O) groups is 3. The minimum atomic E-state index is -0.817. The van der Waals surface area contributed by atoms with Crippen LogP contribution in [0.2, 0.25) is 0 Å². The van der Waals surface area contributed by atoms with Crippen LogP contribution in [0.5, 0.6) is 0 Å². The Morgan fingerprint density at radius 3 is 2.37 bits per heavy atom. The molecule has 4 N–H and O–H groups in total. The number of benzene rings is 2. The monoisotopic (exact) mass is 479 g/mol. The molecular weight excluding hydrogens is 446 g/mol. The number of primary amides is 1. The molecule has 186 valence electrons. The fourth-order valence-electron chi connectivity index (χ4n) is 5.04. The minimum Gasteiger partial charge on any atom is -0.444 e. The molecule has 0 bridgehead atoms. The van der Waals surface area contributed by atoms with Gasteiger partial charge in [0, 0.05) is 11.3 Å². The van der Waals surface area contributed by atoms with Crippen molar-refractivity contribution in [3.63, 3.8) is 0 Å². The second-order valence-corrected chi connectivity index (χ2v) is 10.1. The van der Waals surface area contributed by atoms with Crippen molar-refractivity contribution in [2.75, 3.05) is 5.32 Å². The summed E-state index contributed by atoms with van der Waals surface area (Å²) >= 11 is 0. The number of amides is 3. The number of alkyl carbamates (subject to hydrolysis) is 1. The van der Waals surface area contributed by atoms with Gasteiger partial charge >= 0.3 is 12.2 Å². The molecule has 35 heavy (non-hydrogen) atoms. The molecule has 0 aromatic heterocycles. The van der Waals surface area contributed by atoms with Crippen LogP contribution in [0, 0.1) is 0 Å². The number of nitrogens with one attached hydrogen (secondary N) is 2. The largest absolute Gasteiger partial charge is 0.444 e. The number of ether oxygens (including phenoxy) is 2. The van der Waals surface area contributed by atoms with Gasteiger partial charge in [0.25, 0.3) is 5.91 Å². The van der Waals surface area contributed by atoms with Gasteiger partial charge in [0.1, 0.15) is 11.7 Å². The van der Waals surface area contributed by atoms with Crippen LogP contribution >= 0.6 is 0 Å². The van der Waals surface area contributed by atoms with E-state index in [1.165, 1.54) is 0 Å². The van der Waals surface area contributed by atoms with Crippen LogP contribution in [-0.2, 0) is 22.3 Å². The normalized spacial score (nSPS) is 19.1. The van der Waals surface area contributed by atoms with Crippen molar-refractivity contribution in [1.82, 2.24) is 5.32 Å². The zero-order valence-electron chi connectivity index (χ0n) is 20.5. The molecule has 4 rings (SSSR count). The van der Waals surface area contributed by atoms with Crippen molar-refractivity contribution in [3.05, 3.63) is 64.2 Å². The lowest BCUT2D eigenvalue weighted by Crippen LogP contribution is -2.36. The summed E-state index contributed by atoms with van der Waals surface area (Å²) in [5, 5.41) is 6.07. The van der Waals surface area contributed by atoms with E-state index in [-0.39, 0.29) is 11.9 Å². The third-order valence-corrected chi connectivity index (χ3v) is 6.40. The van der Waals surface area contributed by atoms with Crippen molar-refractivity contribution in [2.24, 2.45) is 5.73 Å². The van der Waals surface area contributed by atoms with Crippen LogP contribution in [0.3, 0.4) is 0 Å². The summed E-state index contributed by atoms with van der Waals surface area (Å²) < 4.78 is 10.7. The van der Waals surface area contributed by atoms with Crippen LogP contribution in [0.15, 0.2) is 36.4 Å². The van der Waals surface area contributed by atoms with Gasteiger partial charge in [-0.25, -0.2) is 9.59 Å². The van der Waals surface area contributed by atoms with Gasteiger partial charge in [0.05, 0.1) is 6.04 Å². The van der Waals surface area contributed by atoms with Gasteiger partial charge in [-0.2, -0.15) is 0 Å². The van der Waals surface area contributed by atoms with E-state index in [2.05, 4.69) is 10.6 Å². The molecular formula is C27H33N3O5. The average Bonchev–Trinajstić information content (AvgIpc) is 2.78. The summed E-state index contributed by atoms with van der Waals surface area (Å²) in [6, 6.07) is 11.1. The van der Waals surface area contributed by atoms with Crippen LogP contribution in [0.25, 0.3) is 0 Å². The fourth-order valence-corrected chi connectivity index (χ4v) is 5.04. The first-order chi connectivity index (χ1) is 16.6. The van der Waals surface area contributed by atoms with Crippen molar-refractivity contribution >= 4 is 23.8 Å². The lowest BCUT2D eigenvalue weighted by atomic mass is 9.85. The molecule has 0 saturated heterocycles. The number of hydrogen-bond acceptors (Lipinski definition) is 5. The maximum absolute atomic E-state index is 13.4. The smallest absolute Gasteiger partial charge is 0.408 e. The second-order valence-electron chi connectivity index (χ2n) is 10.1. The Bertz CT molecular complexity index is 1140. The molecule has 0 aliphatic heterocycles. The van der Waals surface area contributed by atoms with Crippen molar-refractivity contribution < 1.29 is 23.9 Å². The van der Waals surface area contributed by atoms with Crippen LogP contribution < -0.4 is 16.4 Å². The van der Waals surface area contributed by atoms with Gasteiger partial charge < -0.3 is 25.8 Å². The van der Waals surface area contributed by atoms with Crippen LogP contribution in [0.1, 0.15) is 91.2 Å². The lowest BCUT2D eigenvalue weighted by Gasteiger charge is -2.29. The molecule has 0 heterocycles. The highest BCUT2D eigenvalue weighted by Crippen LogP contribution is 2.37. The summed E-state index contributed by atoms with van der Waals surface area (Å²) in [7, 11) is 0. The number of anilines is 1. The minimum absolute atomic E-state index is 0.179. The molecule has 0 saturated carbocycles. The predicted molar refractivity (Wildman–Crippen MR) is 132 cm³/mol. The maximum Gasteiger partial charge on any atom is 0.408 e. The van der Waals surface area contributed by atoms with Crippen molar-refractivity contribution in [2.45, 2.75) is 77.0 Å². The van der Waals surface area contributed by atoms with Crippen molar-refractivity contribution in [1.29, 1.82) is 0 Å². The lowest BCUT2D eigenvalue weighted by molar-refractivity contribution is 0.0498. The van der Waals surface area contributed by atoms with E-state index in [1.54, 1.807) is 12.1 Å². The van der Waals surface area contributed by atoms with Gasteiger partial charge in [-0.3, -0.25) is 4.79 Å². The van der Waals surface area contributed by atoms with E-state index >= 15 is 0 Å². The first-order valence-corrected chi connectivity index (χ1v) is 12.1. The molecule has 0 radical (unpaired) electrons. The Balaban J connectivity index is 1.56. The van der Waals surface area contributed by atoms with Crippen LogP contribution in [-0.4, -0.2) is 23.7 Å². The summed E-state index contributed by atoms with van der Waals surface area (Å²) in [6.45, 7) is 5.50. The number of carbonyl (C=O) groups excluding carboxylic acids is 3. The fraction of sp³-hybridized carbons (Fsp3) is 0.444. The third kappa shape index (κ3) is 5.75. The number of nitrogens with two attached hydrogens (primary N) is 1. The maximum atomic E-state index is 13.4. The van der Waals surface area contributed by atoms with E-state index < -0.39 is 23.9 Å². The van der Waals surface area contributed by atoms with Crippen molar-refractivity contribution in [3.8, 4) is 0 Å². The summed E-state index contributed by atoms with van der Waals surface area (Å²) in [4.78, 5) is 37.1. The quantitative estimate of drug-likeness (QED) is 0.549. The van der Waals surface area contributed by atoms with Gasteiger partial charge in [-0.05, 0) is 93.7 Å². The molecule has 0 spiro atoms. The Morgan fingerprint density at radius 2 is 1.63 bits per heavy atom. The van der Waals surface area contributed by atoms with E-state index in [0.717, 1.165) is 60.0 Å². The zero-order chi connectivity index (χ0) is 25.2. The highest BCUT2D eigenvalue weighted by Gasteiger charge is 2.29. The molecule has 2 aliphatic carbocycles. The Morgan fingerprint density at radius 1 is 0.943 bits per heavy atom. The third-order valence-electron chi connectivity index (χ3n) is 6.40. The van der Waals surface area contributed by atoms with Gasteiger partial charge in [0.15, 0.2) is 0 Å². The second kappa shape index (κ2) is 9.98. The van der Waals surface area contributed by atoms with Crippen LogP contribution in [0.4, 0.5) is 15.3 Å². The summed E-state index contributed by atoms with van der Waals surface area (Å²) in [5.41, 5.74) is 9.70. The van der Waals surface area contributed by atoms with E-state index in [1.807, 2.05) is 45.0 Å². The van der Waals surface area contributed by atoms with Gasteiger partial charge in [-0.15, -0.1) is 0 Å². The Hall–Kier alpha value is -3.55. The molecule has 2 aliphatic rings. The number of rotatable bonds is 4. The first kappa shape index (κ1) is 24.6. The SMILES string of the molecule is CC(C)(C)OC(=O)N[C@@H]1CCCc2c(NC(=O)c3cccc4c3CCC[C@H]4OC(N)=O)cccc21. The molecule has 3 amide bonds. The molecule has 0 unspecified atom stereocenters. The molecule has 2 aromatic rings. The molecule has 2 aromatic carbocycles. The van der Waals surface area contributed by atoms with E-state index in [9.17, 15) is 14.4 Å². The Kier molecular flexibility index (Phi) is 7.00. The molecule has 0 fully saturated rings. The predicted octanol–water partition coefficient (Wildman–Crippen LogP) is 5.31. The van der Waals surface area contributed by atoms with E-state index in [0.29, 0.717) is 12.0 Å². The van der Waals surface area contributed by atoms with Gasteiger partial charge in [0.2, 0.25) is 0 Å². The number of hydrogen-bond donors (Lipinski definition) is 3. The Labute approximate surface area is 205 Å². The molecule has 8 nitrogen and oxygen atoms in total. The highest BCUT2D eigenvalue weighted by molar-refractivity contribution is 6.06. The van der Waals surface area contributed by atoms with Gasteiger partial charge in [-0.1, -0.05) is 24.3 Å². The molecule has 8 heteroatoms. The zero-order valence-corrected chi connectivity index (χ0v) is 20.5. The highest BCUT2D eigenvalue weighted by atomic mass is 16.6.